The van der Waals surface area contributed by atoms with Crippen molar-refractivity contribution in [1.29, 1.82) is 0 Å². The lowest BCUT2D eigenvalue weighted by Crippen LogP contribution is -2.50. The van der Waals surface area contributed by atoms with Gasteiger partial charge < -0.3 is 24.2 Å². The molecule has 3 atom stereocenters. The van der Waals surface area contributed by atoms with Gasteiger partial charge >= 0.3 is 6.36 Å². The van der Waals surface area contributed by atoms with E-state index in [1.54, 1.807) is 0 Å². The SMILES string of the molecule is CN=S(=O)(NC1=COC[C@H](N2c3ccccc3Oc3ccccc32)[C@H]1O)c1ccc(OC(F)(F)F)cc1. The number of aliphatic hydroxyl groups is 1. The van der Waals surface area contributed by atoms with E-state index in [4.69, 9.17) is 9.47 Å². The van der Waals surface area contributed by atoms with Gasteiger partial charge in [-0.1, -0.05) is 24.3 Å². The standard InChI is InChI=1S/C25H22F3N3O5S/c1-29-37(33,17-12-10-16(11-13-17)36-25(26,27)28)30-18-14-34-15-21(24(18)32)31-19-6-2-4-8-22(19)35-23-9-5-3-7-20(23)31/h2-14,21,24,32H,15H2,1H3,(H,29,30,33)/t21-,24-,37?/m0/s1. The molecule has 0 bridgehead atoms. The molecule has 0 saturated heterocycles. The van der Waals surface area contributed by atoms with Gasteiger partial charge in [0.1, 0.15) is 30.8 Å². The Morgan fingerprint density at radius 3 is 2.19 bits per heavy atom. The summed E-state index contributed by atoms with van der Waals surface area (Å²) in [6, 6.07) is 18.6. The summed E-state index contributed by atoms with van der Waals surface area (Å²) < 4.78 is 73.4. The summed E-state index contributed by atoms with van der Waals surface area (Å²) >= 11 is 0. The predicted molar refractivity (Wildman–Crippen MR) is 130 cm³/mol. The maximum absolute atomic E-state index is 13.7. The number of rotatable bonds is 5. The largest absolute Gasteiger partial charge is 0.573 e. The van der Waals surface area contributed by atoms with E-state index in [0.29, 0.717) is 11.5 Å². The monoisotopic (exact) mass is 533 g/mol. The molecule has 0 radical (unpaired) electrons. The van der Waals surface area contributed by atoms with Crippen molar-refractivity contribution in [2.24, 2.45) is 4.36 Å². The molecule has 2 aliphatic heterocycles. The fraction of sp³-hybridized carbons (Fsp3) is 0.200. The highest BCUT2D eigenvalue weighted by Gasteiger charge is 2.39. The van der Waals surface area contributed by atoms with Gasteiger partial charge in [-0.15, -0.1) is 13.2 Å². The van der Waals surface area contributed by atoms with Gasteiger partial charge in [-0.25, -0.2) is 8.57 Å². The average molecular weight is 534 g/mol. The van der Waals surface area contributed by atoms with Crippen molar-refractivity contribution in [2.45, 2.75) is 23.4 Å². The Labute approximate surface area is 211 Å². The number of ether oxygens (including phenoxy) is 3. The maximum atomic E-state index is 13.7. The second-order valence-corrected chi connectivity index (χ2v) is 10.2. The van der Waals surface area contributed by atoms with Crippen LogP contribution in [0.1, 0.15) is 0 Å². The van der Waals surface area contributed by atoms with Crippen LogP contribution in [0.4, 0.5) is 24.5 Å². The van der Waals surface area contributed by atoms with Gasteiger partial charge in [0.15, 0.2) is 21.4 Å². The number of benzene rings is 3. The molecular weight excluding hydrogens is 511 g/mol. The van der Waals surface area contributed by atoms with Gasteiger partial charge in [0.2, 0.25) is 0 Å². The molecule has 0 fully saturated rings. The molecule has 2 aliphatic rings. The lowest BCUT2D eigenvalue weighted by Gasteiger charge is -2.42. The molecule has 194 valence electrons. The fourth-order valence-electron chi connectivity index (χ4n) is 4.19. The van der Waals surface area contributed by atoms with Gasteiger partial charge in [0.25, 0.3) is 0 Å². The van der Waals surface area contributed by atoms with Gasteiger partial charge in [0, 0.05) is 7.05 Å². The van der Waals surface area contributed by atoms with Crippen LogP contribution in [-0.2, 0) is 14.7 Å². The number of anilines is 2. The summed E-state index contributed by atoms with van der Waals surface area (Å²) in [6.45, 7) is 0.114. The lowest BCUT2D eigenvalue weighted by atomic mass is 10.0. The predicted octanol–water partition coefficient (Wildman–Crippen LogP) is 5.09. The zero-order valence-corrected chi connectivity index (χ0v) is 20.2. The molecule has 0 aliphatic carbocycles. The number of fused-ring (bicyclic) bond motifs is 2. The van der Waals surface area contributed by atoms with Crippen molar-refractivity contribution in [3.8, 4) is 17.2 Å². The summed E-state index contributed by atoms with van der Waals surface area (Å²) in [5, 5.41) is 11.4. The molecule has 37 heavy (non-hydrogen) atoms. The molecule has 3 aromatic carbocycles. The van der Waals surface area contributed by atoms with E-state index in [1.165, 1.54) is 25.4 Å². The number of nitrogens with zero attached hydrogens (tertiary/aromatic N) is 2. The smallest absolute Gasteiger partial charge is 0.497 e. The third kappa shape index (κ3) is 4.89. The number of hydrogen-bond donors (Lipinski definition) is 2. The fourth-order valence-corrected chi connectivity index (χ4v) is 5.60. The second kappa shape index (κ2) is 9.52. The maximum Gasteiger partial charge on any atom is 0.573 e. The van der Waals surface area contributed by atoms with Crippen LogP contribution in [-0.4, -0.2) is 41.5 Å². The van der Waals surface area contributed by atoms with Crippen molar-refractivity contribution < 1.29 is 36.7 Å². The van der Waals surface area contributed by atoms with Crippen molar-refractivity contribution in [3.63, 3.8) is 0 Å². The Balaban J connectivity index is 1.43. The number of hydrogen-bond acceptors (Lipinski definition) is 7. The Morgan fingerprint density at radius 1 is 1.03 bits per heavy atom. The summed E-state index contributed by atoms with van der Waals surface area (Å²) in [6.07, 6.45) is -4.77. The highest BCUT2D eigenvalue weighted by Crippen LogP contribution is 2.48. The van der Waals surface area contributed by atoms with Crippen LogP contribution in [0, 0.1) is 0 Å². The number of nitrogens with one attached hydrogen (secondary N) is 1. The molecule has 0 saturated carbocycles. The average Bonchev–Trinajstić information content (AvgIpc) is 2.88. The number of para-hydroxylation sites is 4. The van der Waals surface area contributed by atoms with Crippen molar-refractivity contribution in [3.05, 3.63) is 84.8 Å². The molecule has 5 rings (SSSR count). The highest BCUT2D eigenvalue weighted by atomic mass is 32.2. The van der Waals surface area contributed by atoms with Crippen LogP contribution in [0.5, 0.6) is 17.2 Å². The summed E-state index contributed by atoms with van der Waals surface area (Å²) in [5.74, 6) is 0.746. The van der Waals surface area contributed by atoms with Crippen molar-refractivity contribution in [2.75, 3.05) is 18.6 Å². The first-order chi connectivity index (χ1) is 17.7. The third-order valence-corrected chi connectivity index (χ3v) is 7.79. The first-order valence-corrected chi connectivity index (χ1v) is 12.6. The molecule has 2 heterocycles. The minimum absolute atomic E-state index is 0.0989. The summed E-state index contributed by atoms with van der Waals surface area (Å²) in [5.41, 5.74) is 1.54. The Morgan fingerprint density at radius 2 is 1.62 bits per heavy atom. The molecule has 0 aromatic heterocycles. The molecule has 0 spiro atoms. The summed E-state index contributed by atoms with van der Waals surface area (Å²) in [4.78, 5) is 2.00. The molecule has 3 aromatic rings. The molecule has 2 N–H and O–H groups in total. The minimum Gasteiger partial charge on any atom is -0.497 e. The lowest BCUT2D eigenvalue weighted by molar-refractivity contribution is -0.274. The normalized spacial score (nSPS) is 20.2. The van der Waals surface area contributed by atoms with Gasteiger partial charge in [-0.3, -0.25) is 4.72 Å². The van der Waals surface area contributed by atoms with Crippen LogP contribution < -0.4 is 19.1 Å². The van der Waals surface area contributed by atoms with Crippen molar-refractivity contribution >= 4 is 21.3 Å². The van der Waals surface area contributed by atoms with Crippen LogP contribution in [0.25, 0.3) is 0 Å². The summed E-state index contributed by atoms with van der Waals surface area (Å²) in [7, 11) is -2.08. The van der Waals surface area contributed by atoms with E-state index in [1.807, 2.05) is 53.4 Å². The quantitative estimate of drug-likeness (QED) is 0.475. The molecule has 0 amide bonds. The Bertz CT molecular complexity index is 1410. The molecule has 1 unspecified atom stereocenters. The number of halogens is 3. The van der Waals surface area contributed by atoms with Crippen LogP contribution in [0.3, 0.4) is 0 Å². The molecule has 8 nitrogen and oxygen atoms in total. The first-order valence-electron chi connectivity index (χ1n) is 11.1. The van der Waals surface area contributed by atoms with E-state index < -0.39 is 34.2 Å². The topological polar surface area (TPSA) is 92.6 Å². The van der Waals surface area contributed by atoms with Crippen LogP contribution in [0.15, 0.2) is 94.0 Å². The minimum atomic E-state index is -4.85. The zero-order valence-electron chi connectivity index (χ0n) is 19.4. The number of aliphatic hydroxyl groups excluding tert-OH is 1. The van der Waals surface area contributed by atoms with E-state index in [-0.39, 0.29) is 17.2 Å². The van der Waals surface area contributed by atoms with Crippen LogP contribution >= 0.6 is 0 Å². The van der Waals surface area contributed by atoms with E-state index in [0.717, 1.165) is 23.5 Å². The number of alkyl halides is 3. The molecular formula is C25H22F3N3O5S. The third-order valence-electron chi connectivity index (χ3n) is 5.85. The van der Waals surface area contributed by atoms with E-state index >= 15 is 0 Å². The first kappa shape index (κ1) is 24.8. The highest BCUT2D eigenvalue weighted by molar-refractivity contribution is 7.91. The zero-order chi connectivity index (χ0) is 26.2. The van der Waals surface area contributed by atoms with Crippen molar-refractivity contribution in [1.82, 2.24) is 4.72 Å². The van der Waals surface area contributed by atoms with Gasteiger partial charge in [0.05, 0.1) is 22.0 Å². The van der Waals surface area contributed by atoms with E-state index in [2.05, 4.69) is 13.8 Å². The van der Waals surface area contributed by atoms with Gasteiger partial charge in [-0.05, 0) is 48.5 Å². The Hall–Kier alpha value is -3.90. The van der Waals surface area contributed by atoms with Crippen LogP contribution in [0.2, 0.25) is 0 Å². The van der Waals surface area contributed by atoms with Gasteiger partial charge in [-0.2, -0.15) is 0 Å². The molecule has 12 heteroatoms. The Kier molecular flexibility index (Phi) is 6.38. The second-order valence-electron chi connectivity index (χ2n) is 8.16. The van der Waals surface area contributed by atoms with E-state index in [9.17, 15) is 22.5 Å².